The molecule has 10 heteroatoms. The number of alkyl carbamates (subject to hydrolysis) is 2. The van der Waals surface area contributed by atoms with Crippen LogP contribution in [0.1, 0.15) is 56.5 Å². The van der Waals surface area contributed by atoms with Crippen LogP contribution in [0.3, 0.4) is 0 Å². The lowest BCUT2D eigenvalue weighted by atomic mass is 9.93. The molecule has 3 atom stereocenters. The van der Waals surface area contributed by atoms with E-state index in [1.54, 1.807) is 32.9 Å². The molecule has 4 rings (SSSR count). The fourth-order valence-electron chi connectivity index (χ4n) is 4.46. The summed E-state index contributed by atoms with van der Waals surface area (Å²) in [5, 5.41) is 5.67. The zero-order valence-electron chi connectivity index (χ0n) is 22.9. The van der Waals surface area contributed by atoms with Crippen LogP contribution in [0.5, 0.6) is 0 Å². The fraction of sp³-hybridized carbons (Fsp3) is 0.367. The van der Waals surface area contributed by atoms with Gasteiger partial charge in [-0.2, -0.15) is 0 Å². The Labute approximate surface area is 233 Å². The Morgan fingerprint density at radius 3 is 1.93 bits per heavy atom. The van der Waals surface area contributed by atoms with Gasteiger partial charge in [-0.3, -0.25) is 4.90 Å². The van der Waals surface area contributed by atoms with Crippen molar-refractivity contribution in [3.05, 3.63) is 95.9 Å². The average molecular weight is 550 g/mol. The molecule has 0 saturated carbocycles. The zero-order chi connectivity index (χ0) is 28.5. The summed E-state index contributed by atoms with van der Waals surface area (Å²) in [6.45, 7) is 5.46. The molecule has 2 N–H and O–H groups in total. The van der Waals surface area contributed by atoms with E-state index in [-0.39, 0.29) is 19.6 Å². The number of piperidine rings is 1. The first-order valence-electron chi connectivity index (χ1n) is 13.2. The van der Waals surface area contributed by atoms with Gasteiger partial charge in [0.1, 0.15) is 30.7 Å². The lowest BCUT2D eigenvalue weighted by Crippen LogP contribution is -2.60. The predicted octanol–water partition coefficient (Wildman–Crippen LogP) is 5.90. The Morgan fingerprint density at radius 1 is 0.825 bits per heavy atom. The molecule has 212 valence electrons. The first-order chi connectivity index (χ1) is 19.2. The van der Waals surface area contributed by atoms with E-state index in [1.165, 1.54) is 11.2 Å². The Kier molecular flexibility index (Phi) is 9.31. The maximum absolute atomic E-state index is 13.4. The second-order valence-corrected chi connectivity index (χ2v) is 10.5. The van der Waals surface area contributed by atoms with Crippen LogP contribution in [0.2, 0.25) is 0 Å². The van der Waals surface area contributed by atoms with Gasteiger partial charge in [-0.05, 0) is 50.5 Å². The van der Waals surface area contributed by atoms with E-state index in [1.807, 2.05) is 60.7 Å². The average Bonchev–Trinajstić information content (AvgIpc) is 3.46. The van der Waals surface area contributed by atoms with Gasteiger partial charge in [0.05, 0.1) is 12.3 Å². The summed E-state index contributed by atoms with van der Waals surface area (Å²) in [4.78, 5) is 40.4. The molecule has 40 heavy (non-hydrogen) atoms. The first-order valence-corrected chi connectivity index (χ1v) is 13.2. The third-order valence-electron chi connectivity index (χ3n) is 6.19. The molecule has 3 aromatic rings. The molecule has 0 spiro atoms. The summed E-state index contributed by atoms with van der Waals surface area (Å²) in [6.07, 6.45) is -0.823. The molecule has 1 aliphatic rings. The summed E-state index contributed by atoms with van der Waals surface area (Å²) in [5.41, 5.74) is 0.894. The summed E-state index contributed by atoms with van der Waals surface area (Å²) < 4.78 is 22.2. The van der Waals surface area contributed by atoms with Gasteiger partial charge in [-0.15, -0.1) is 0 Å². The molecular weight excluding hydrogens is 514 g/mol. The maximum atomic E-state index is 13.4. The number of hydrogen-bond donors (Lipinski definition) is 2. The molecule has 2 aromatic carbocycles. The molecule has 0 bridgehead atoms. The van der Waals surface area contributed by atoms with Crippen LogP contribution in [0.25, 0.3) is 0 Å². The van der Waals surface area contributed by atoms with Crippen molar-refractivity contribution < 1.29 is 33.0 Å². The monoisotopic (exact) mass is 549 g/mol. The molecule has 1 saturated heterocycles. The van der Waals surface area contributed by atoms with E-state index in [4.69, 9.17) is 18.6 Å². The van der Waals surface area contributed by atoms with Crippen molar-refractivity contribution in [1.29, 1.82) is 0 Å². The number of ether oxygens (including phenoxy) is 3. The molecule has 1 fully saturated rings. The van der Waals surface area contributed by atoms with Gasteiger partial charge in [0.15, 0.2) is 0 Å². The minimum Gasteiger partial charge on any atom is -0.467 e. The molecule has 3 amide bonds. The van der Waals surface area contributed by atoms with Crippen LogP contribution in [0.15, 0.2) is 83.5 Å². The molecular formula is C30H35N3O7. The summed E-state index contributed by atoms with van der Waals surface area (Å²) in [5.74, 6) is 0.486. The van der Waals surface area contributed by atoms with Gasteiger partial charge in [0, 0.05) is 12.5 Å². The maximum Gasteiger partial charge on any atom is 0.412 e. The van der Waals surface area contributed by atoms with Crippen LogP contribution in [-0.2, 0) is 27.4 Å². The zero-order valence-corrected chi connectivity index (χ0v) is 22.9. The third kappa shape index (κ3) is 8.26. The highest BCUT2D eigenvalue weighted by atomic mass is 16.6. The molecule has 10 nitrogen and oxygen atoms in total. The molecule has 0 unspecified atom stereocenters. The largest absolute Gasteiger partial charge is 0.467 e. The van der Waals surface area contributed by atoms with E-state index < -0.39 is 42.1 Å². The first kappa shape index (κ1) is 28.5. The summed E-state index contributed by atoms with van der Waals surface area (Å²) >= 11 is 0. The van der Waals surface area contributed by atoms with Gasteiger partial charge in [-0.25, -0.2) is 14.4 Å². The minimum absolute atomic E-state index is 0.0565. The lowest BCUT2D eigenvalue weighted by molar-refractivity contribution is -0.0200. The highest BCUT2D eigenvalue weighted by Crippen LogP contribution is 2.35. The van der Waals surface area contributed by atoms with Crippen molar-refractivity contribution >= 4 is 18.3 Å². The van der Waals surface area contributed by atoms with E-state index in [0.717, 1.165) is 11.1 Å². The highest BCUT2D eigenvalue weighted by Gasteiger charge is 2.44. The number of furan rings is 1. The smallest absolute Gasteiger partial charge is 0.412 e. The number of carbonyl (C=O) groups is 3. The Bertz CT molecular complexity index is 1240. The number of rotatable bonds is 7. The van der Waals surface area contributed by atoms with Crippen molar-refractivity contribution in [2.45, 2.75) is 70.7 Å². The number of likely N-dealkylation sites (tertiary alicyclic amines) is 1. The van der Waals surface area contributed by atoms with Crippen LogP contribution in [0.4, 0.5) is 14.4 Å². The Balaban J connectivity index is 1.51. The standard InChI is InChI=1S/C30H35N3O7/c1-30(2,3)40-29(36)33-24(25-15-10-16-37-25)17-23(31-27(34)38-19-21-11-6-4-7-12-21)18-26(33)32-28(35)39-20-22-13-8-5-9-14-22/h4-16,23-24,26H,17-20H2,1-3H3,(H,31,34)(H,32,35)/t23-,24+,26-/m1/s1. The van der Waals surface area contributed by atoms with Crippen LogP contribution < -0.4 is 10.6 Å². The van der Waals surface area contributed by atoms with Gasteiger partial charge < -0.3 is 29.3 Å². The van der Waals surface area contributed by atoms with Crippen LogP contribution in [-0.4, -0.2) is 41.0 Å². The number of carbonyl (C=O) groups excluding carboxylic acids is 3. The van der Waals surface area contributed by atoms with Gasteiger partial charge in [-0.1, -0.05) is 60.7 Å². The molecule has 2 heterocycles. The quantitative estimate of drug-likeness (QED) is 0.352. The molecule has 1 aromatic heterocycles. The molecule has 0 aliphatic carbocycles. The second kappa shape index (κ2) is 13.1. The van der Waals surface area contributed by atoms with Crippen molar-refractivity contribution in [3.8, 4) is 0 Å². The van der Waals surface area contributed by atoms with Crippen molar-refractivity contribution in [2.24, 2.45) is 0 Å². The summed E-state index contributed by atoms with van der Waals surface area (Å²) in [7, 11) is 0. The fourth-order valence-corrected chi connectivity index (χ4v) is 4.46. The van der Waals surface area contributed by atoms with E-state index in [2.05, 4.69) is 10.6 Å². The van der Waals surface area contributed by atoms with Crippen molar-refractivity contribution in [2.75, 3.05) is 0 Å². The SMILES string of the molecule is CC(C)(C)OC(=O)N1[C@@H](NC(=O)OCc2ccccc2)C[C@H](NC(=O)OCc2ccccc2)C[C@H]1c1ccco1. The van der Waals surface area contributed by atoms with Gasteiger partial charge >= 0.3 is 18.3 Å². The Morgan fingerprint density at radius 2 is 1.40 bits per heavy atom. The van der Waals surface area contributed by atoms with Crippen LogP contribution in [0, 0.1) is 0 Å². The third-order valence-corrected chi connectivity index (χ3v) is 6.19. The van der Waals surface area contributed by atoms with Crippen molar-refractivity contribution in [3.63, 3.8) is 0 Å². The van der Waals surface area contributed by atoms with E-state index in [9.17, 15) is 14.4 Å². The van der Waals surface area contributed by atoms with E-state index in [0.29, 0.717) is 12.2 Å². The molecule has 0 radical (unpaired) electrons. The number of benzene rings is 2. The van der Waals surface area contributed by atoms with Crippen molar-refractivity contribution in [1.82, 2.24) is 15.5 Å². The summed E-state index contributed by atoms with van der Waals surface area (Å²) in [6, 6.07) is 20.9. The second-order valence-electron chi connectivity index (χ2n) is 10.5. The lowest BCUT2D eigenvalue weighted by Gasteiger charge is -2.44. The van der Waals surface area contributed by atoms with Gasteiger partial charge in [0.2, 0.25) is 0 Å². The predicted molar refractivity (Wildman–Crippen MR) is 146 cm³/mol. The number of hydrogen-bond acceptors (Lipinski definition) is 7. The van der Waals surface area contributed by atoms with Gasteiger partial charge in [0.25, 0.3) is 0 Å². The topological polar surface area (TPSA) is 119 Å². The Hall–Kier alpha value is -4.47. The minimum atomic E-state index is -0.874. The number of nitrogens with one attached hydrogen (secondary N) is 2. The normalized spacial score (nSPS) is 18.9. The number of amides is 3. The molecule has 1 aliphatic heterocycles. The van der Waals surface area contributed by atoms with Crippen LogP contribution >= 0.6 is 0 Å². The number of nitrogens with zero attached hydrogens (tertiary/aromatic N) is 1. The van der Waals surface area contributed by atoms with E-state index >= 15 is 0 Å². The highest BCUT2D eigenvalue weighted by molar-refractivity contribution is 5.72.